The van der Waals surface area contributed by atoms with Crippen LogP contribution in [0.1, 0.15) is 24.0 Å². The molecule has 88 valence electrons. The van der Waals surface area contributed by atoms with Crippen LogP contribution in [0.25, 0.3) is 0 Å². The molecule has 1 aliphatic rings. The van der Waals surface area contributed by atoms with E-state index in [4.69, 9.17) is 11.6 Å². The Balaban J connectivity index is 2.09. The molecule has 1 aromatic carbocycles. The van der Waals surface area contributed by atoms with E-state index in [2.05, 4.69) is 5.32 Å². The molecule has 0 radical (unpaired) electrons. The summed E-state index contributed by atoms with van der Waals surface area (Å²) in [5.41, 5.74) is 2.10. The minimum Gasteiger partial charge on any atom is -0.506 e. The Hall–Kier alpha value is -0.730. The highest BCUT2D eigenvalue weighted by Crippen LogP contribution is 2.29. The van der Waals surface area contributed by atoms with Gasteiger partial charge in [-0.3, -0.25) is 0 Å². The number of nitrogens with one attached hydrogen (secondary N) is 1. The number of halogens is 1. The fraction of sp³-hybridized carbons (Fsp3) is 0.538. The van der Waals surface area contributed by atoms with Crippen molar-refractivity contribution in [1.29, 1.82) is 0 Å². The minimum atomic E-state index is 0.215. The van der Waals surface area contributed by atoms with Gasteiger partial charge in [0.15, 0.2) is 0 Å². The van der Waals surface area contributed by atoms with Gasteiger partial charge in [-0.15, -0.1) is 0 Å². The Labute approximate surface area is 102 Å². The van der Waals surface area contributed by atoms with E-state index in [9.17, 15) is 5.11 Å². The Morgan fingerprint density at radius 2 is 2.31 bits per heavy atom. The summed E-state index contributed by atoms with van der Waals surface area (Å²) < 4.78 is 0. The van der Waals surface area contributed by atoms with Crippen LogP contribution in [-0.2, 0) is 6.42 Å². The molecule has 0 bridgehead atoms. The number of phenols is 1. The van der Waals surface area contributed by atoms with Crippen molar-refractivity contribution in [3.8, 4) is 5.75 Å². The molecule has 0 amide bonds. The Kier molecular flexibility index (Phi) is 3.72. The third-order valence-corrected chi connectivity index (χ3v) is 3.53. The molecule has 1 heterocycles. The van der Waals surface area contributed by atoms with E-state index in [0.717, 1.165) is 25.1 Å². The number of piperidine rings is 1. The predicted molar refractivity (Wildman–Crippen MR) is 67.2 cm³/mol. The normalized spacial score (nSPS) is 21.0. The van der Waals surface area contributed by atoms with Gasteiger partial charge in [0.05, 0.1) is 5.02 Å². The van der Waals surface area contributed by atoms with Crippen molar-refractivity contribution in [1.82, 2.24) is 5.32 Å². The number of hydrogen-bond acceptors (Lipinski definition) is 2. The zero-order valence-corrected chi connectivity index (χ0v) is 10.3. The first-order valence-corrected chi connectivity index (χ1v) is 6.23. The van der Waals surface area contributed by atoms with Crippen molar-refractivity contribution in [2.75, 3.05) is 13.1 Å². The van der Waals surface area contributed by atoms with Crippen molar-refractivity contribution in [3.63, 3.8) is 0 Å². The number of aromatic hydroxyl groups is 1. The van der Waals surface area contributed by atoms with Crippen LogP contribution in [0.2, 0.25) is 5.02 Å². The summed E-state index contributed by atoms with van der Waals surface area (Å²) in [5.74, 6) is 0.918. The highest BCUT2D eigenvalue weighted by atomic mass is 35.5. The molecular formula is C13H18ClNO. The summed E-state index contributed by atoms with van der Waals surface area (Å²) in [6.07, 6.45) is 3.59. The molecule has 0 saturated carbocycles. The molecule has 1 atom stereocenters. The second-order valence-electron chi connectivity index (χ2n) is 4.66. The summed E-state index contributed by atoms with van der Waals surface area (Å²) >= 11 is 5.97. The summed E-state index contributed by atoms with van der Waals surface area (Å²) in [6, 6.07) is 3.92. The molecule has 2 nitrogen and oxygen atoms in total. The van der Waals surface area contributed by atoms with Crippen LogP contribution >= 0.6 is 11.6 Å². The third-order valence-electron chi connectivity index (χ3n) is 3.24. The standard InChI is InChI=1S/C13H18ClNO/c1-9-5-11(7-12(14)13(9)16)6-10-3-2-4-15-8-10/h5,7,10,15-16H,2-4,6,8H2,1H3. The highest BCUT2D eigenvalue weighted by molar-refractivity contribution is 6.32. The lowest BCUT2D eigenvalue weighted by molar-refractivity contribution is 0.376. The van der Waals surface area contributed by atoms with E-state index < -0.39 is 0 Å². The molecule has 1 fully saturated rings. The first-order valence-electron chi connectivity index (χ1n) is 5.85. The summed E-state index contributed by atoms with van der Waals surface area (Å²) in [6.45, 7) is 4.13. The first kappa shape index (κ1) is 11.7. The van der Waals surface area contributed by atoms with E-state index >= 15 is 0 Å². The van der Waals surface area contributed by atoms with Gasteiger partial charge in [0.2, 0.25) is 0 Å². The van der Waals surface area contributed by atoms with Gasteiger partial charge < -0.3 is 10.4 Å². The summed E-state index contributed by atoms with van der Waals surface area (Å²) in [5, 5.41) is 13.5. The molecule has 16 heavy (non-hydrogen) atoms. The van der Waals surface area contributed by atoms with E-state index in [0.29, 0.717) is 10.9 Å². The molecule has 2 N–H and O–H groups in total. The van der Waals surface area contributed by atoms with Gasteiger partial charge in [-0.2, -0.15) is 0 Å². The van der Waals surface area contributed by atoms with Crippen LogP contribution in [0.15, 0.2) is 12.1 Å². The number of benzene rings is 1. The van der Waals surface area contributed by atoms with Crippen LogP contribution in [0.4, 0.5) is 0 Å². The molecule has 1 saturated heterocycles. The molecule has 2 rings (SSSR count). The third kappa shape index (κ3) is 2.69. The molecular weight excluding hydrogens is 222 g/mol. The predicted octanol–water partition coefficient (Wildman–Crippen LogP) is 2.90. The monoisotopic (exact) mass is 239 g/mol. The van der Waals surface area contributed by atoms with E-state index in [1.54, 1.807) is 0 Å². The molecule has 0 aromatic heterocycles. The fourth-order valence-corrected chi connectivity index (χ4v) is 2.65. The van der Waals surface area contributed by atoms with E-state index in [1.165, 1.54) is 18.4 Å². The van der Waals surface area contributed by atoms with E-state index in [1.807, 2.05) is 19.1 Å². The minimum absolute atomic E-state index is 0.215. The number of rotatable bonds is 2. The number of aryl methyl sites for hydroxylation is 1. The molecule has 1 unspecified atom stereocenters. The second-order valence-corrected chi connectivity index (χ2v) is 5.07. The van der Waals surface area contributed by atoms with Gasteiger partial charge in [-0.05, 0) is 62.4 Å². The SMILES string of the molecule is Cc1cc(CC2CCCNC2)cc(Cl)c1O. The Morgan fingerprint density at radius 3 is 2.94 bits per heavy atom. The van der Waals surface area contributed by atoms with Crippen LogP contribution < -0.4 is 5.32 Å². The van der Waals surface area contributed by atoms with Crippen LogP contribution in [0, 0.1) is 12.8 Å². The van der Waals surface area contributed by atoms with Crippen LogP contribution in [0.5, 0.6) is 5.75 Å². The molecule has 0 aliphatic carbocycles. The number of phenolic OH excluding ortho intramolecular Hbond substituents is 1. The van der Waals surface area contributed by atoms with Crippen molar-refractivity contribution in [3.05, 3.63) is 28.3 Å². The second kappa shape index (κ2) is 5.07. The molecule has 3 heteroatoms. The largest absolute Gasteiger partial charge is 0.506 e. The maximum Gasteiger partial charge on any atom is 0.137 e. The zero-order valence-electron chi connectivity index (χ0n) is 9.59. The molecule has 1 aliphatic heterocycles. The molecule has 0 spiro atoms. The smallest absolute Gasteiger partial charge is 0.137 e. The van der Waals surface area contributed by atoms with Gasteiger partial charge in [-0.25, -0.2) is 0 Å². The van der Waals surface area contributed by atoms with Crippen molar-refractivity contribution < 1.29 is 5.11 Å². The fourth-order valence-electron chi connectivity index (χ4n) is 2.36. The van der Waals surface area contributed by atoms with Gasteiger partial charge in [0.25, 0.3) is 0 Å². The van der Waals surface area contributed by atoms with Gasteiger partial charge in [0, 0.05) is 0 Å². The Morgan fingerprint density at radius 1 is 1.50 bits per heavy atom. The van der Waals surface area contributed by atoms with Gasteiger partial charge in [-0.1, -0.05) is 17.7 Å². The van der Waals surface area contributed by atoms with Crippen LogP contribution in [-0.4, -0.2) is 18.2 Å². The maximum atomic E-state index is 9.59. The number of hydrogen-bond donors (Lipinski definition) is 2. The lowest BCUT2D eigenvalue weighted by Gasteiger charge is -2.23. The Bertz CT molecular complexity index is 349. The topological polar surface area (TPSA) is 32.3 Å². The van der Waals surface area contributed by atoms with Gasteiger partial charge in [0.1, 0.15) is 5.75 Å². The lowest BCUT2D eigenvalue weighted by Crippen LogP contribution is -2.30. The van der Waals surface area contributed by atoms with Crippen molar-refractivity contribution in [2.24, 2.45) is 5.92 Å². The average Bonchev–Trinajstić information content (AvgIpc) is 2.27. The van der Waals surface area contributed by atoms with Gasteiger partial charge >= 0.3 is 0 Å². The summed E-state index contributed by atoms with van der Waals surface area (Å²) in [4.78, 5) is 0. The highest BCUT2D eigenvalue weighted by Gasteiger charge is 2.14. The zero-order chi connectivity index (χ0) is 11.5. The average molecular weight is 240 g/mol. The molecule has 1 aromatic rings. The van der Waals surface area contributed by atoms with Crippen molar-refractivity contribution in [2.45, 2.75) is 26.2 Å². The first-order chi connectivity index (χ1) is 7.66. The summed E-state index contributed by atoms with van der Waals surface area (Å²) in [7, 11) is 0. The quantitative estimate of drug-likeness (QED) is 0.832. The van der Waals surface area contributed by atoms with Crippen LogP contribution in [0.3, 0.4) is 0 Å². The lowest BCUT2D eigenvalue weighted by atomic mass is 9.92. The van der Waals surface area contributed by atoms with E-state index in [-0.39, 0.29) is 5.75 Å². The van der Waals surface area contributed by atoms with Crippen molar-refractivity contribution >= 4 is 11.6 Å². The maximum absolute atomic E-state index is 9.59.